The molecule has 0 saturated carbocycles. The van der Waals surface area contributed by atoms with Crippen molar-refractivity contribution in [3.05, 3.63) is 34.4 Å². The number of benzene rings is 1. The van der Waals surface area contributed by atoms with Gasteiger partial charge >= 0.3 is 0 Å². The fourth-order valence-electron chi connectivity index (χ4n) is 1.63. The minimum absolute atomic E-state index is 0.166. The summed E-state index contributed by atoms with van der Waals surface area (Å²) in [6.45, 7) is 2.76. The first-order valence-corrected chi connectivity index (χ1v) is 6.10. The topological polar surface area (TPSA) is 24.9 Å². The summed E-state index contributed by atoms with van der Waals surface area (Å²) in [6.07, 6.45) is 2.44. The molecule has 0 bridgehead atoms. The molecular weight excluding hydrogens is 290 g/mol. The summed E-state index contributed by atoms with van der Waals surface area (Å²) in [5.41, 5.74) is 0.849. The van der Waals surface area contributed by atoms with Crippen LogP contribution in [0.25, 0.3) is 10.9 Å². The number of fused-ring (bicyclic) bond motifs is 1. The zero-order valence-electron chi connectivity index (χ0n) is 9.23. The van der Waals surface area contributed by atoms with Gasteiger partial charge in [0.2, 0.25) is 0 Å². The minimum atomic E-state index is -0.652. The van der Waals surface area contributed by atoms with Crippen LogP contribution in [0.5, 0.6) is 0 Å². The van der Waals surface area contributed by atoms with Gasteiger partial charge in [0, 0.05) is 29.9 Å². The molecule has 90 valence electrons. The second-order valence-corrected chi connectivity index (χ2v) is 4.46. The van der Waals surface area contributed by atoms with Crippen LogP contribution in [0.15, 0.2) is 22.8 Å². The summed E-state index contributed by atoms with van der Waals surface area (Å²) in [5, 5.41) is 3.57. The Morgan fingerprint density at radius 3 is 2.82 bits per heavy atom. The van der Waals surface area contributed by atoms with Crippen LogP contribution >= 0.6 is 15.9 Å². The molecule has 2 aromatic rings. The summed E-state index contributed by atoms with van der Waals surface area (Å²) in [6, 6.07) is 2.55. The van der Waals surface area contributed by atoms with Crippen LogP contribution in [0.2, 0.25) is 0 Å². The Labute approximate surface area is 106 Å². The number of hydrogen-bond acceptors (Lipinski definition) is 2. The van der Waals surface area contributed by atoms with Crippen molar-refractivity contribution in [1.29, 1.82) is 0 Å². The first-order valence-electron chi connectivity index (χ1n) is 5.31. The predicted molar refractivity (Wildman–Crippen MR) is 68.1 cm³/mol. The summed E-state index contributed by atoms with van der Waals surface area (Å²) in [4.78, 5) is 3.94. The molecule has 0 amide bonds. The van der Waals surface area contributed by atoms with E-state index in [1.807, 2.05) is 6.92 Å². The standard InChI is InChI=1S/C12H11BrF2N2/c1-2-4-16-9-3-5-17-12-8(15)6-7(14)11(13)10(9)12/h3,5-6H,2,4H2,1H3,(H,16,17). The van der Waals surface area contributed by atoms with Crippen molar-refractivity contribution in [3.63, 3.8) is 0 Å². The maximum Gasteiger partial charge on any atom is 0.152 e. The summed E-state index contributed by atoms with van der Waals surface area (Å²) in [5.74, 6) is -1.27. The Morgan fingerprint density at radius 1 is 1.35 bits per heavy atom. The summed E-state index contributed by atoms with van der Waals surface area (Å²) < 4.78 is 27.3. The van der Waals surface area contributed by atoms with Crippen LogP contribution in [0.1, 0.15) is 13.3 Å². The third-order valence-corrected chi connectivity index (χ3v) is 3.20. The van der Waals surface area contributed by atoms with Crippen LogP contribution in [0, 0.1) is 11.6 Å². The Balaban J connectivity index is 2.69. The predicted octanol–water partition coefficient (Wildman–Crippen LogP) is 4.10. The zero-order valence-corrected chi connectivity index (χ0v) is 10.8. The van der Waals surface area contributed by atoms with Crippen molar-refractivity contribution in [1.82, 2.24) is 4.98 Å². The molecule has 5 heteroatoms. The molecule has 1 N–H and O–H groups in total. The second kappa shape index (κ2) is 4.96. The van der Waals surface area contributed by atoms with Gasteiger partial charge < -0.3 is 5.32 Å². The molecule has 0 spiro atoms. The quantitative estimate of drug-likeness (QED) is 0.863. The lowest BCUT2D eigenvalue weighted by atomic mass is 10.1. The van der Waals surface area contributed by atoms with E-state index in [2.05, 4.69) is 26.2 Å². The second-order valence-electron chi connectivity index (χ2n) is 3.66. The van der Waals surface area contributed by atoms with Gasteiger partial charge in [-0.3, -0.25) is 4.98 Å². The SMILES string of the molecule is CCCNc1ccnc2c(F)cc(F)c(Br)c12. The Kier molecular flexibility index (Phi) is 3.57. The zero-order chi connectivity index (χ0) is 12.4. The van der Waals surface area contributed by atoms with Gasteiger partial charge in [0.1, 0.15) is 11.3 Å². The molecule has 0 atom stereocenters. The first-order chi connectivity index (χ1) is 8.15. The van der Waals surface area contributed by atoms with Gasteiger partial charge in [0.25, 0.3) is 0 Å². The summed E-state index contributed by atoms with van der Waals surface area (Å²) >= 11 is 3.14. The number of aromatic nitrogens is 1. The maximum atomic E-state index is 13.6. The molecule has 1 heterocycles. The number of nitrogens with zero attached hydrogens (tertiary/aromatic N) is 1. The number of nitrogens with one attached hydrogen (secondary N) is 1. The molecule has 0 saturated heterocycles. The van der Waals surface area contributed by atoms with E-state index in [-0.39, 0.29) is 9.99 Å². The Morgan fingerprint density at radius 2 is 2.12 bits per heavy atom. The van der Waals surface area contributed by atoms with Crippen molar-refractivity contribution in [3.8, 4) is 0 Å². The van der Waals surface area contributed by atoms with E-state index in [9.17, 15) is 8.78 Å². The van der Waals surface area contributed by atoms with E-state index in [1.54, 1.807) is 6.07 Å². The average molecular weight is 301 g/mol. The van der Waals surface area contributed by atoms with Crippen molar-refractivity contribution < 1.29 is 8.78 Å². The van der Waals surface area contributed by atoms with Crippen molar-refractivity contribution >= 4 is 32.5 Å². The maximum absolute atomic E-state index is 13.6. The molecule has 2 nitrogen and oxygen atoms in total. The van der Waals surface area contributed by atoms with Gasteiger partial charge in [0.05, 0.1) is 4.47 Å². The van der Waals surface area contributed by atoms with E-state index in [4.69, 9.17) is 0 Å². The lowest BCUT2D eigenvalue weighted by Crippen LogP contribution is -2.02. The highest BCUT2D eigenvalue weighted by molar-refractivity contribution is 9.10. The lowest BCUT2D eigenvalue weighted by molar-refractivity contribution is 0.586. The van der Waals surface area contributed by atoms with Gasteiger partial charge in [-0.05, 0) is 28.4 Å². The van der Waals surface area contributed by atoms with Crippen molar-refractivity contribution in [2.45, 2.75) is 13.3 Å². The molecule has 0 aliphatic heterocycles. The van der Waals surface area contributed by atoms with Crippen molar-refractivity contribution in [2.75, 3.05) is 11.9 Å². The average Bonchev–Trinajstić information content (AvgIpc) is 2.33. The van der Waals surface area contributed by atoms with E-state index in [1.165, 1.54) is 6.20 Å². The molecule has 0 aliphatic rings. The number of pyridine rings is 1. The van der Waals surface area contributed by atoms with Crippen LogP contribution in [-0.4, -0.2) is 11.5 Å². The number of rotatable bonds is 3. The normalized spacial score (nSPS) is 10.8. The van der Waals surface area contributed by atoms with E-state index in [0.29, 0.717) is 11.1 Å². The molecular formula is C12H11BrF2N2. The third-order valence-electron chi connectivity index (χ3n) is 2.43. The summed E-state index contributed by atoms with van der Waals surface area (Å²) in [7, 11) is 0. The number of hydrogen-bond donors (Lipinski definition) is 1. The first kappa shape index (κ1) is 12.2. The molecule has 0 radical (unpaired) electrons. The molecule has 17 heavy (non-hydrogen) atoms. The number of halogens is 3. The van der Waals surface area contributed by atoms with Gasteiger partial charge in [0.15, 0.2) is 5.82 Å². The van der Waals surface area contributed by atoms with Crippen LogP contribution < -0.4 is 5.32 Å². The highest BCUT2D eigenvalue weighted by Gasteiger charge is 2.14. The minimum Gasteiger partial charge on any atom is -0.384 e. The Bertz CT molecular complexity index is 558. The molecule has 0 unspecified atom stereocenters. The molecule has 1 aromatic carbocycles. The highest BCUT2D eigenvalue weighted by Crippen LogP contribution is 2.33. The van der Waals surface area contributed by atoms with E-state index < -0.39 is 11.6 Å². The smallest absolute Gasteiger partial charge is 0.152 e. The highest BCUT2D eigenvalue weighted by atomic mass is 79.9. The van der Waals surface area contributed by atoms with Gasteiger partial charge in [-0.25, -0.2) is 8.78 Å². The monoisotopic (exact) mass is 300 g/mol. The molecule has 0 fully saturated rings. The van der Waals surface area contributed by atoms with Gasteiger partial charge in [-0.1, -0.05) is 6.92 Å². The van der Waals surface area contributed by atoms with Gasteiger partial charge in [-0.15, -0.1) is 0 Å². The van der Waals surface area contributed by atoms with E-state index in [0.717, 1.165) is 19.0 Å². The molecule has 2 rings (SSSR count). The lowest BCUT2D eigenvalue weighted by Gasteiger charge is -2.10. The molecule has 0 aliphatic carbocycles. The van der Waals surface area contributed by atoms with Crippen LogP contribution in [0.4, 0.5) is 14.5 Å². The molecule has 1 aromatic heterocycles. The van der Waals surface area contributed by atoms with Gasteiger partial charge in [-0.2, -0.15) is 0 Å². The largest absolute Gasteiger partial charge is 0.384 e. The fourth-order valence-corrected chi connectivity index (χ4v) is 2.15. The number of anilines is 1. The third kappa shape index (κ3) is 2.24. The van der Waals surface area contributed by atoms with Crippen LogP contribution in [0.3, 0.4) is 0 Å². The van der Waals surface area contributed by atoms with Crippen LogP contribution in [-0.2, 0) is 0 Å². The Hall–Kier alpha value is -1.23. The fraction of sp³-hybridized carbons (Fsp3) is 0.250. The van der Waals surface area contributed by atoms with E-state index >= 15 is 0 Å². The van der Waals surface area contributed by atoms with Crippen molar-refractivity contribution in [2.24, 2.45) is 0 Å².